The van der Waals surface area contributed by atoms with Gasteiger partial charge in [0.1, 0.15) is 5.76 Å². The zero-order valence-corrected chi connectivity index (χ0v) is 10.9. The summed E-state index contributed by atoms with van der Waals surface area (Å²) >= 11 is 1.56. The van der Waals surface area contributed by atoms with Crippen molar-refractivity contribution in [2.24, 2.45) is 0 Å². The summed E-state index contributed by atoms with van der Waals surface area (Å²) in [5, 5.41) is 8.98. The van der Waals surface area contributed by atoms with Gasteiger partial charge in [-0.3, -0.25) is 4.79 Å². The molecule has 0 amide bonds. The summed E-state index contributed by atoms with van der Waals surface area (Å²) in [6.45, 7) is 1.94. The number of carboxylic acids is 1. The molecule has 1 aliphatic heterocycles. The van der Waals surface area contributed by atoms with Crippen LogP contribution in [0.4, 0.5) is 0 Å². The summed E-state index contributed by atoms with van der Waals surface area (Å²) in [7, 11) is 0. The van der Waals surface area contributed by atoms with Crippen LogP contribution >= 0.6 is 11.8 Å². The first-order chi connectivity index (χ1) is 9.06. The molecule has 0 spiro atoms. The van der Waals surface area contributed by atoms with E-state index in [-0.39, 0.29) is 11.2 Å². The van der Waals surface area contributed by atoms with Crippen molar-refractivity contribution in [3.8, 4) is 11.3 Å². The van der Waals surface area contributed by atoms with Crippen LogP contribution in [0.15, 0.2) is 38.4 Å². The number of aryl methyl sites for hydroxylation is 1. The van der Waals surface area contributed by atoms with Gasteiger partial charge in [0.2, 0.25) is 5.76 Å². The minimum absolute atomic E-state index is 0.279. The minimum atomic E-state index is -1.23. The molecule has 96 valence electrons. The van der Waals surface area contributed by atoms with Crippen molar-refractivity contribution < 1.29 is 14.3 Å². The molecule has 1 aromatic heterocycles. The molecule has 0 fully saturated rings. The average Bonchev–Trinajstić information content (AvgIpc) is 2.38. The number of rotatable bonds is 1. The summed E-state index contributed by atoms with van der Waals surface area (Å²) in [5.41, 5.74) is 2.09. The van der Waals surface area contributed by atoms with Crippen molar-refractivity contribution in [2.45, 2.75) is 17.6 Å². The van der Waals surface area contributed by atoms with Crippen LogP contribution in [0, 0.1) is 6.92 Å². The molecule has 2 aromatic rings. The van der Waals surface area contributed by atoms with E-state index in [0.717, 1.165) is 22.1 Å². The van der Waals surface area contributed by atoms with Gasteiger partial charge in [0.15, 0.2) is 5.43 Å². The quantitative estimate of drug-likeness (QED) is 0.866. The van der Waals surface area contributed by atoms with E-state index in [4.69, 9.17) is 9.52 Å². The molecule has 2 heterocycles. The lowest BCUT2D eigenvalue weighted by Gasteiger charge is -2.18. The van der Waals surface area contributed by atoms with Gasteiger partial charge >= 0.3 is 5.97 Å². The van der Waals surface area contributed by atoms with Crippen LogP contribution in [-0.4, -0.2) is 11.1 Å². The largest absolute Gasteiger partial charge is 0.475 e. The summed E-state index contributed by atoms with van der Waals surface area (Å²) in [6.07, 6.45) is 0. The third-order valence-electron chi connectivity index (χ3n) is 3.01. The zero-order chi connectivity index (χ0) is 13.6. The first-order valence-electron chi connectivity index (χ1n) is 5.70. The van der Waals surface area contributed by atoms with E-state index in [0.29, 0.717) is 17.1 Å². The first-order valence-corrected chi connectivity index (χ1v) is 6.69. The van der Waals surface area contributed by atoms with Gasteiger partial charge in [0, 0.05) is 22.3 Å². The number of benzene rings is 1. The predicted molar refractivity (Wildman–Crippen MR) is 71.7 cm³/mol. The standard InChI is InChI=1S/C14H10O4S/c1-7-2-3-12-8(4-7)13-9(6-19-12)10(15)5-11(18-13)14(16)17/h2-5H,6H2,1H3,(H,16,17). The smallest absolute Gasteiger partial charge is 0.371 e. The van der Waals surface area contributed by atoms with Crippen molar-refractivity contribution in [1.29, 1.82) is 0 Å². The molecule has 1 aromatic carbocycles. The molecule has 0 saturated heterocycles. The van der Waals surface area contributed by atoms with E-state index in [2.05, 4.69) is 0 Å². The van der Waals surface area contributed by atoms with E-state index in [1.165, 1.54) is 0 Å². The van der Waals surface area contributed by atoms with E-state index >= 15 is 0 Å². The van der Waals surface area contributed by atoms with Gasteiger partial charge in [-0.25, -0.2) is 4.79 Å². The van der Waals surface area contributed by atoms with Crippen molar-refractivity contribution in [3.05, 3.63) is 51.4 Å². The minimum Gasteiger partial charge on any atom is -0.475 e. The van der Waals surface area contributed by atoms with Crippen LogP contribution in [0.25, 0.3) is 11.3 Å². The Labute approximate surface area is 113 Å². The van der Waals surface area contributed by atoms with Crippen LogP contribution < -0.4 is 5.43 Å². The fraction of sp³-hybridized carbons (Fsp3) is 0.143. The van der Waals surface area contributed by atoms with E-state index in [9.17, 15) is 9.59 Å². The van der Waals surface area contributed by atoms with Gasteiger partial charge in [-0.1, -0.05) is 11.6 Å². The molecule has 1 aliphatic rings. The van der Waals surface area contributed by atoms with Gasteiger partial charge < -0.3 is 9.52 Å². The predicted octanol–water partition coefficient (Wildman–Crippen LogP) is 2.92. The molecule has 0 aliphatic carbocycles. The second kappa shape index (κ2) is 4.28. The molecule has 0 bridgehead atoms. The summed E-state index contributed by atoms with van der Waals surface area (Å²) in [5.74, 6) is -0.647. The van der Waals surface area contributed by atoms with Gasteiger partial charge in [0.05, 0.1) is 5.56 Å². The highest BCUT2D eigenvalue weighted by Crippen LogP contribution is 2.40. The molecule has 4 nitrogen and oxygen atoms in total. The monoisotopic (exact) mass is 274 g/mol. The van der Waals surface area contributed by atoms with Crippen molar-refractivity contribution in [2.75, 3.05) is 0 Å². The summed E-state index contributed by atoms with van der Waals surface area (Å²) in [6, 6.07) is 6.90. The van der Waals surface area contributed by atoms with Crippen molar-refractivity contribution in [1.82, 2.24) is 0 Å². The van der Waals surface area contributed by atoms with Crippen LogP contribution in [-0.2, 0) is 5.75 Å². The number of fused-ring (bicyclic) bond motifs is 3. The van der Waals surface area contributed by atoms with Gasteiger partial charge in [0.25, 0.3) is 0 Å². The first kappa shape index (κ1) is 12.0. The van der Waals surface area contributed by atoms with Crippen molar-refractivity contribution >= 4 is 17.7 Å². The van der Waals surface area contributed by atoms with Crippen LogP contribution in [0.3, 0.4) is 0 Å². The maximum Gasteiger partial charge on any atom is 0.371 e. The van der Waals surface area contributed by atoms with Gasteiger partial charge in [-0.2, -0.15) is 0 Å². The Morgan fingerprint density at radius 3 is 2.89 bits per heavy atom. The topological polar surface area (TPSA) is 67.5 Å². The lowest BCUT2D eigenvalue weighted by Crippen LogP contribution is -2.14. The Morgan fingerprint density at radius 2 is 2.16 bits per heavy atom. The zero-order valence-electron chi connectivity index (χ0n) is 10.1. The molecular formula is C14H10O4S. The van der Waals surface area contributed by atoms with E-state index < -0.39 is 5.97 Å². The maximum absolute atomic E-state index is 11.9. The molecule has 5 heteroatoms. The second-order valence-electron chi connectivity index (χ2n) is 4.38. The Hall–Kier alpha value is -2.01. The third-order valence-corrected chi connectivity index (χ3v) is 4.11. The fourth-order valence-corrected chi connectivity index (χ4v) is 3.12. The second-order valence-corrected chi connectivity index (χ2v) is 5.39. The Kier molecular flexibility index (Phi) is 2.71. The molecule has 0 saturated carbocycles. The number of carbonyl (C=O) groups is 1. The molecule has 0 unspecified atom stereocenters. The average molecular weight is 274 g/mol. The summed E-state index contributed by atoms with van der Waals surface area (Å²) in [4.78, 5) is 23.9. The SMILES string of the molecule is Cc1ccc2c(c1)-c1oc(C(=O)O)cc(=O)c1CS2. The highest BCUT2D eigenvalue weighted by Gasteiger charge is 2.23. The van der Waals surface area contributed by atoms with E-state index in [1.54, 1.807) is 11.8 Å². The third kappa shape index (κ3) is 1.96. The van der Waals surface area contributed by atoms with Crippen LogP contribution in [0.2, 0.25) is 0 Å². The number of hydrogen-bond donors (Lipinski definition) is 1. The molecule has 0 radical (unpaired) electrons. The highest BCUT2D eigenvalue weighted by molar-refractivity contribution is 7.98. The van der Waals surface area contributed by atoms with Crippen LogP contribution in [0.5, 0.6) is 0 Å². The molecule has 1 N–H and O–H groups in total. The Balaban J connectivity index is 2.32. The number of hydrogen-bond acceptors (Lipinski definition) is 4. The molecule has 19 heavy (non-hydrogen) atoms. The van der Waals surface area contributed by atoms with Gasteiger partial charge in [-0.05, 0) is 19.1 Å². The Morgan fingerprint density at radius 1 is 1.37 bits per heavy atom. The number of thioether (sulfide) groups is 1. The van der Waals surface area contributed by atoms with E-state index in [1.807, 2.05) is 25.1 Å². The Bertz CT molecular complexity index is 746. The molecular weight excluding hydrogens is 264 g/mol. The molecule has 0 atom stereocenters. The maximum atomic E-state index is 11.9. The number of aromatic carboxylic acids is 1. The van der Waals surface area contributed by atoms with Crippen molar-refractivity contribution in [3.63, 3.8) is 0 Å². The lowest BCUT2D eigenvalue weighted by molar-refractivity contribution is 0.0660. The summed E-state index contributed by atoms with van der Waals surface area (Å²) < 4.78 is 5.41. The highest BCUT2D eigenvalue weighted by atomic mass is 32.2. The lowest BCUT2D eigenvalue weighted by atomic mass is 10.0. The van der Waals surface area contributed by atoms with Crippen LogP contribution in [0.1, 0.15) is 21.7 Å². The fourth-order valence-electron chi connectivity index (χ4n) is 2.08. The molecule has 3 rings (SSSR count). The number of carboxylic acid groups (broad SMARTS) is 1. The normalized spacial score (nSPS) is 12.7. The van der Waals surface area contributed by atoms with Gasteiger partial charge in [-0.15, -0.1) is 11.8 Å².